The van der Waals surface area contributed by atoms with Crippen molar-refractivity contribution in [1.29, 1.82) is 0 Å². The van der Waals surface area contributed by atoms with Crippen LogP contribution in [0.15, 0.2) is 48.5 Å². The molecule has 0 saturated heterocycles. The number of benzene rings is 1. The summed E-state index contributed by atoms with van der Waals surface area (Å²) >= 11 is 0. The molecule has 0 unspecified atom stereocenters. The van der Waals surface area contributed by atoms with Crippen molar-refractivity contribution in [2.45, 2.75) is 13.5 Å². The fraction of sp³-hybridized carbons (Fsp3) is 0.214. The summed E-state index contributed by atoms with van der Waals surface area (Å²) < 4.78 is 29.3. The SMILES string of the molecule is C=CS(=O)(=O)N(Cc1ccc(C)cc1)C(=C)C(=O)OC. The fourth-order valence-corrected chi connectivity index (χ4v) is 2.40. The van der Waals surface area contributed by atoms with Crippen molar-refractivity contribution in [2.75, 3.05) is 7.11 Å². The Labute approximate surface area is 119 Å². The smallest absolute Gasteiger partial charge is 0.354 e. The largest absolute Gasteiger partial charge is 0.464 e. The molecule has 0 aliphatic carbocycles. The van der Waals surface area contributed by atoms with Gasteiger partial charge in [-0.05, 0) is 12.5 Å². The van der Waals surface area contributed by atoms with Crippen LogP contribution in [0.2, 0.25) is 0 Å². The maximum atomic E-state index is 12.0. The van der Waals surface area contributed by atoms with Gasteiger partial charge in [-0.1, -0.05) is 43.0 Å². The van der Waals surface area contributed by atoms with Crippen LogP contribution in [0.5, 0.6) is 0 Å². The van der Waals surface area contributed by atoms with E-state index in [1.165, 1.54) is 0 Å². The minimum atomic E-state index is -3.83. The van der Waals surface area contributed by atoms with Gasteiger partial charge in [0, 0.05) is 5.41 Å². The van der Waals surface area contributed by atoms with Crippen LogP contribution in [0.4, 0.5) is 0 Å². The van der Waals surface area contributed by atoms with Gasteiger partial charge in [0.25, 0.3) is 10.0 Å². The summed E-state index contributed by atoms with van der Waals surface area (Å²) in [6, 6.07) is 7.28. The molecule has 5 nitrogen and oxygen atoms in total. The molecule has 1 rings (SSSR count). The van der Waals surface area contributed by atoms with E-state index in [9.17, 15) is 13.2 Å². The highest BCUT2D eigenvalue weighted by Gasteiger charge is 2.25. The number of hydrogen-bond acceptors (Lipinski definition) is 4. The topological polar surface area (TPSA) is 63.7 Å². The van der Waals surface area contributed by atoms with Crippen molar-refractivity contribution in [2.24, 2.45) is 0 Å². The van der Waals surface area contributed by atoms with Gasteiger partial charge in [0.2, 0.25) is 0 Å². The van der Waals surface area contributed by atoms with Crippen LogP contribution in [-0.4, -0.2) is 25.8 Å². The number of ether oxygens (including phenoxy) is 1. The number of sulfonamides is 1. The lowest BCUT2D eigenvalue weighted by molar-refractivity contribution is -0.137. The Bertz CT molecular complexity index is 617. The lowest BCUT2D eigenvalue weighted by Crippen LogP contribution is -2.31. The molecular formula is C14H17NO4S. The first-order chi connectivity index (χ1) is 9.31. The van der Waals surface area contributed by atoms with E-state index < -0.39 is 16.0 Å². The van der Waals surface area contributed by atoms with Gasteiger partial charge in [-0.3, -0.25) is 4.31 Å². The van der Waals surface area contributed by atoms with Gasteiger partial charge in [0.15, 0.2) is 0 Å². The van der Waals surface area contributed by atoms with Gasteiger partial charge in [-0.15, -0.1) is 0 Å². The molecule has 0 saturated carbocycles. The highest BCUT2D eigenvalue weighted by molar-refractivity contribution is 7.92. The van der Waals surface area contributed by atoms with Crippen LogP contribution in [0.3, 0.4) is 0 Å². The van der Waals surface area contributed by atoms with Crippen LogP contribution in [0, 0.1) is 6.92 Å². The monoisotopic (exact) mass is 295 g/mol. The van der Waals surface area contributed by atoms with Gasteiger partial charge < -0.3 is 4.74 Å². The minimum Gasteiger partial charge on any atom is -0.464 e. The summed E-state index contributed by atoms with van der Waals surface area (Å²) in [6.07, 6.45) is 0. The molecule has 0 aromatic heterocycles. The second-order valence-corrected chi connectivity index (χ2v) is 5.95. The van der Waals surface area contributed by atoms with E-state index in [4.69, 9.17) is 0 Å². The third-order valence-corrected chi connectivity index (χ3v) is 4.07. The first kappa shape index (κ1) is 16.0. The zero-order valence-electron chi connectivity index (χ0n) is 11.5. The summed E-state index contributed by atoms with van der Waals surface area (Å²) in [5, 5.41) is 0.773. The molecule has 0 spiro atoms. The third kappa shape index (κ3) is 3.71. The predicted octanol–water partition coefficient (Wildman–Crippen LogP) is 1.96. The molecule has 0 atom stereocenters. The van der Waals surface area contributed by atoms with E-state index >= 15 is 0 Å². The van der Waals surface area contributed by atoms with E-state index in [1.54, 1.807) is 12.1 Å². The second kappa shape index (κ2) is 6.38. The van der Waals surface area contributed by atoms with Gasteiger partial charge >= 0.3 is 5.97 Å². The van der Waals surface area contributed by atoms with Crippen molar-refractivity contribution in [3.63, 3.8) is 0 Å². The Morgan fingerprint density at radius 1 is 1.35 bits per heavy atom. The summed E-state index contributed by atoms with van der Waals surface area (Å²) in [6.45, 7) is 8.65. The van der Waals surface area contributed by atoms with Gasteiger partial charge in [0.1, 0.15) is 5.70 Å². The Morgan fingerprint density at radius 2 is 1.90 bits per heavy atom. The number of methoxy groups -OCH3 is 1. The Balaban J connectivity index is 3.12. The summed E-state index contributed by atoms with van der Waals surface area (Å²) in [7, 11) is -2.66. The molecule has 0 heterocycles. The number of carbonyl (C=O) groups excluding carboxylic acids is 1. The molecule has 0 fully saturated rings. The van der Waals surface area contributed by atoms with E-state index in [2.05, 4.69) is 17.9 Å². The molecular weight excluding hydrogens is 278 g/mol. The molecule has 0 aliphatic heterocycles. The van der Waals surface area contributed by atoms with Crippen LogP contribution in [-0.2, 0) is 26.1 Å². The average Bonchev–Trinajstić information content (AvgIpc) is 2.44. The molecule has 6 heteroatoms. The molecule has 1 aromatic carbocycles. The van der Waals surface area contributed by atoms with Crippen molar-refractivity contribution < 1.29 is 17.9 Å². The van der Waals surface area contributed by atoms with Crippen molar-refractivity contribution in [3.05, 3.63) is 59.7 Å². The number of esters is 1. The lowest BCUT2D eigenvalue weighted by atomic mass is 10.1. The van der Waals surface area contributed by atoms with Crippen LogP contribution < -0.4 is 0 Å². The number of hydrogen-bond donors (Lipinski definition) is 0. The standard InChI is InChI=1S/C14H17NO4S/c1-5-20(17,18)15(12(3)14(16)19-4)10-13-8-6-11(2)7-9-13/h5-9H,1,3,10H2,2,4H3. The Kier molecular flexibility index (Phi) is 5.10. The van der Waals surface area contributed by atoms with Crippen LogP contribution >= 0.6 is 0 Å². The average molecular weight is 295 g/mol. The third-order valence-electron chi connectivity index (χ3n) is 2.69. The fourth-order valence-electron chi connectivity index (χ4n) is 1.51. The molecule has 0 amide bonds. The van der Waals surface area contributed by atoms with Crippen molar-refractivity contribution in [1.82, 2.24) is 4.31 Å². The zero-order valence-corrected chi connectivity index (χ0v) is 12.3. The molecule has 0 aliphatic rings. The van der Waals surface area contributed by atoms with Gasteiger partial charge in [0.05, 0.1) is 13.7 Å². The molecule has 0 N–H and O–H groups in total. The van der Waals surface area contributed by atoms with Gasteiger partial charge in [-0.2, -0.15) is 0 Å². The maximum Gasteiger partial charge on any atom is 0.354 e. The van der Waals surface area contributed by atoms with Crippen LogP contribution in [0.1, 0.15) is 11.1 Å². The normalized spacial score (nSPS) is 10.7. The van der Waals surface area contributed by atoms with Crippen molar-refractivity contribution >= 4 is 16.0 Å². The number of carbonyl (C=O) groups is 1. The van der Waals surface area contributed by atoms with E-state index in [0.717, 1.165) is 27.9 Å². The van der Waals surface area contributed by atoms with E-state index in [0.29, 0.717) is 0 Å². The summed E-state index contributed by atoms with van der Waals surface area (Å²) in [4.78, 5) is 11.5. The van der Waals surface area contributed by atoms with Crippen molar-refractivity contribution in [3.8, 4) is 0 Å². The van der Waals surface area contributed by atoms with E-state index in [1.807, 2.05) is 19.1 Å². The first-order valence-electron chi connectivity index (χ1n) is 5.79. The van der Waals surface area contributed by atoms with E-state index in [-0.39, 0.29) is 12.2 Å². The highest BCUT2D eigenvalue weighted by Crippen LogP contribution is 2.17. The van der Waals surface area contributed by atoms with Gasteiger partial charge in [-0.25, -0.2) is 13.2 Å². The highest BCUT2D eigenvalue weighted by atomic mass is 32.2. The van der Waals surface area contributed by atoms with Crippen LogP contribution in [0.25, 0.3) is 0 Å². The molecule has 20 heavy (non-hydrogen) atoms. The summed E-state index contributed by atoms with van der Waals surface area (Å²) in [5.41, 5.74) is 1.53. The Morgan fingerprint density at radius 3 is 2.35 bits per heavy atom. The minimum absolute atomic E-state index is 0.0113. The molecule has 108 valence electrons. The molecule has 0 radical (unpaired) electrons. The maximum absolute atomic E-state index is 12.0. The molecule has 1 aromatic rings. The predicted molar refractivity (Wildman–Crippen MR) is 77.0 cm³/mol. The second-order valence-electron chi connectivity index (χ2n) is 4.14. The zero-order chi connectivity index (χ0) is 15.3. The summed E-state index contributed by atoms with van der Waals surface area (Å²) in [5.74, 6) is -0.803. The number of aryl methyl sites for hydroxylation is 1. The number of nitrogens with zero attached hydrogens (tertiary/aromatic N) is 1. The lowest BCUT2D eigenvalue weighted by Gasteiger charge is -2.23. The quantitative estimate of drug-likeness (QED) is 0.594. The first-order valence-corrected chi connectivity index (χ1v) is 7.30. The Hall–Kier alpha value is -2.08. The number of rotatable bonds is 6. The molecule has 0 bridgehead atoms.